The van der Waals surface area contributed by atoms with Crippen LogP contribution in [0.5, 0.6) is 5.75 Å². The summed E-state index contributed by atoms with van der Waals surface area (Å²) in [5.41, 5.74) is 1.08. The first-order valence-corrected chi connectivity index (χ1v) is 7.08. The highest BCUT2D eigenvalue weighted by Crippen LogP contribution is 2.35. The van der Waals surface area contributed by atoms with Gasteiger partial charge in [0.2, 0.25) is 0 Å². The number of methoxy groups -OCH3 is 2. The van der Waals surface area contributed by atoms with Crippen molar-refractivity contribution in [1.29, 1.82) is 0 Å². The molecule has 0 aliphatic heterocycles. The summed E-state index contributed by atoms with van der Waals surface area (Å²) < 4.78 is 10.2. The molecule has 5 heteroatoms. The molecule has 4 nitrogen and oxygen atoms in total. The summed E-state index contributed by atoms with van der Waals surface area (Å²) in [7, 11) is 3.17. The lowest BCUT2D eigenvalue weighted by Crippen LogP contribution is -2.26. The summed E-state index contributed by atoms with van der Waals surface area (Å²) in [4.78, 5) is 13.7. The SMILES string of the molecule is COCCNC(=O)c1sc(-c2ccccc2)cc1OC. The number of carbonyl (C=O) groups excluding carboxylic acids is 1. The molecule has 0 aliphatic rings. The second kappa shape index (κ2) is 7.07. The van der Waals surface area contributed by atoms with Gasteiger partial charge >= 0.3 is 0 Å². The lowest BCUT2D eigenvalue weighted by molar-refractivity contribution is 0.0938. The third-order valence-corrected chi connectivity index (χ3v) is 3.94. The highest BCUT2D eigenvalue weighted by Gasteiger charge is 2.17. The Morgan fingerprint density at radius 1 is 1.25 bits per heavy atom. The van der Waals surface area contributed by atoms with E-state index in [1.807, 2.05) is 36.4 Å². The quantitative estimate of drug-likeness (QED) is 0.833. The average molecular weight is 291 g/mol. The molecule has 0 saturated heterocycles. The van der Waals surface area contributed by atoms with E-state index in [0.29, 0.717) is 23.8 Å². The zero-order chi connectivity index (χ0) is 14.4. The smallest absolute Gasteiger partial charge is 0.265 e. The topological polar surface area (TPSA) is 47.6 Å². The van der Waals surface area contributed by atoms with Crippen molar-refractivity contribution in [3.63, 3.8) is 0 Å². The number of rotatable bonds is 6. The van der Waals surface area contributed by atoms with Gasteiger partial charge in [-0.05, 0) is 11.6 Å². The van der Waals surface area contributed by atoms with Crippen LogP contribution in [-0.2, 0) is 4.74 Å². The zero-order valence-electron chi connectivity index (χ0n) is 11.5. The molecule has 1 aromatic heterocycles. The number of nitrogens with one attached hydrogen (secondary N) is 1. The van der Waals surface area contributed by atoms with E-state index in [1.54, 1.807) is 14.2 Å². The van der Waals surface area contributed by atoms with E-state index in [9.17, 15) is 4.79 Å². The summed E-state index contributed by atoms with van der Waals surface area (Å²) in [5.74, 6) is 0.467. The summed E-state index contributed by atoms with van der Waals surface area (Å²) in [6.07, 6.45) is 0. The van der Waals surface area contributed by atoms with Crippen LogP contribution in [0.4, 0.5) is 0 Å². The third-order valence-electron chi connectivity index (χ3n) is 2.77. The minimum Gasteiger partial charge on any atom is -0.495 e. The Morgan fingerprint density at radius 2 is 2.00 bits per heavy atom. The second-order valence-corrected chi connectivity index (χ2v) is 5.18. The van der Waals surface area contributed by atoms with Crippen molar-refractivity contribution in [2.75, 3.05) is 27.4 Å². The van der Waals surface area contributed by atoms with Gasteiger partial charge in [-0.15, -0.1) is 11.3 Å². The van der Waals surface area contributed by atoms with Crippen molar-refractivity contribution in [2.45, 2.75) is 0 Å². The minimum atomic E-state index is -0.133. The summed E-state index contributed by atoms with van der Waals surface area (Å²) in [6, 6.07) is 11.8. The summed E-state index contributed by atoms with van der Waals surface area (Å²) in [6.45, 7) is 0.974. The van der Waals surface area contributed by atoms with E-state index in [0.717, 1.165) is 10.4 Å². The predicted octanol–water partition coefficient (Wildman–Crippen LogP) is 2.80. The fourth-order valence-electron chi connectivity index (χ4n) is 1.78. The van der Waals surface area contributed by atoms with Crippen LogP contribution < -0.4 is 10.1 Å². The first-order valence-electron chi connectivity index (χ1n) is 6.26. The van der Waals surface area contributed by atoms with Gasteiger partial charge in [-0.1, -0.05) is 30.3 Å². The first-order chi connectivity index (χ1) is 9.76. The Balaban J connectivity index is 2.21. The van der Waals surface area contributed by atoms with Gasteiger partial charge in [0.05, 0.1) is 13.7 Å². The van der Waals surface area contributed by atoms with Crippen molar-refractivity contribution in [3.8, 4) is 16.2 Å². The minimum absolute atomic E-state index is 0.133. The molecule has 0 spiro atoms. The first kappa shape index (κ1) is 14.6. The average Bonchev–Trinajstić information content (AvgIpc) is 2.92. The van der Waals surface area contributed by atoms with Crippen molar-refractivity contribution in [1.82, 2.24) is 5.32 Å². The molecule has 2 aromatic rings. The van der Waals surface area contributed by atoms with Gasteiger partial charge in [-0.25, -0.2) is 0 Å². The summed E-state index contributed by atoms with van der Waals surface area (Å²) in [5, 5.41) is 2.81. The highest BCUT2D eigenvalue weighted by atomic mass is 32.1. The van der Waals surface area contributed by atoms with Crippen molar-refractivity contribution in [3.05, 3.63) is 41.3 Å². The molecule has 0 aliphatic carbocycles. The number of ether oxygens (including phenoxy) is 2. The molecule has 20 heavy (non-hydrogen) atoms. The van der Waals surface area contributed by atoms with Crippen LogP contribution in [0.25, 0.3) is 10.4 Å². The molecule has 0 bridgehead atoms. The van der Waals surface area contributed by atoms with E-state index in [-0.39, 0.29) is 5.91 Å². The van der Waals surface area contributed by atoms with Crippen molar-refractivity contribution < 1.29 is 14.3 Å². The number of benzene rings is 1. The maximum atomic E-state index is 12.1. The maximum absolute atomic E-state index is 12.1. The Morgan fingerprint density at radius 3 is 2.65 bits per heavy atom. The van der Waals surface area contributed by atoms with Crippen molar-refractivity contribution in [2.24, 2.45) is 0 Å². The van der Waals surface area contributed by atoms with Gasteiger partial charge in [0.1, 0.15) is 10.6 Å². The lowest BCUT2D eigenvalue weighted by atomic mass is 10.2. The van der Waals surface area contributed by atoms with Gasteiger partial charge in [0.15, 0.2) is 0 Å². The van der Waals surface area contributed by atoms with E-state index in [4.69, 9.17) is 9.47 Å². The van der Waals surface area contributed by atoms with E-state index >= 15 is 0 Å². The number of carbonyl (C=O) groups is 1. The Kier molecular flexibility index (Phi) is 5.15. The predicted molar refractivity (Wildman–Crippen MR) is 80.5 cm³/mol. The molecule has 0 fully saturated rings. The molecule has 0 atom stereocenters. The number of hydrogen-bond acceptors (Lipinski definition) is 4. The number of hydrogen-bond donors (Lipinski definition) is 1. The molecule has 0 unspecified atom stereocenters. The van der Waals surface area contributed by atoms with Crippen LogP contribution in [0.3, 0.4) is 0 Å². The van der Waals surface area contributed by atoms with Gasteiger partial charge in [0, 0.05) is 18.5 Å². The Hall–Kier alpha value is -1.85. The van der Waals surface area contributed by atoms with Crippen LogP contribution >= 0.6 is 11.3 Å². The second-order valence-electron chi connectivity index (χ2n) is 4.12. The number of thiophene rings is 1. The largest absolute Gasteiger partial charge is 0.495 e. The van der Waals surface area contributed by atoms with E-state index in [2.05, 4.69) is 5.32 Å². The van der Waals surface area contributed by atoms with Crippen LogP contribution in [0, 0.1) is 0 Å². The molecular weight excluding hydrogens is 274 g/mol. The molecule has 0 radical (unpaired) electrons. The van der Waals surface area contributed by atoms with E-state index < -0.39 is 0 Å². The molecule has 0 saturated carbocycles. The standard InChI is InChI=1S/C15H17NO3S/c1-18-9-8-16-15(17)14-12(19-2)10-13(20-14)11-6-4-3-5-7-11/h3-7,10H,8-9H2,1-2H3,(H,16,17). The molecule has 2 rings (SSSR count). The molecule has 1 heterocycles. The maximum Gasteiger partial charge on any atom is 0.265 e. The third kappa shape index (κ3) is 3.37. The van der Waals surface area contributed by atoms with Gasteiger partial charge < -0.3 is 14.8 Å². The molecule has 1 aromatic carbocycles. The van der Waals surface area contributed by atoms with Crippen LogP contribution in [0.1, 0.15) is 9.67 Å². The number of amides is 1. The van der Waals surface area contributed by atoms with E-state index in [1.165, 1.54) is 11.3 Å². The fourth-order valence-corrected chi connectivity index (χ4v) is 2.82. The normalized spacial score (nSPS) is 10.3. The Bertz CT molecular complexity index is 566. The fraction of sp³-hybridized carbons (Fsp3) is 0.267. The molecule has 106 valence electrons. The Labute approximate surface area is 122 Å². The van der Waals surface area contributed by atoms with Crippen LogP contribution in [0.15, 0.2) is 36.4 Å². The molecular formula is C15H17NO3S. The van der Waals surface area contributed by atoms with Gasteiger partial charge in [-0.2, -0.15) is 0 Å². The molecule has 1 N–H and O–H groups in total. The van der Waals surface area contributed by atoms with Gasteiger partial charge in [0.25, 0.3) is 5.91 Å². The highest BCUT2D eigenvalue weighted by molar-refractivity contribution is 7.17. The van der Waals surface area contributed by atoms with Crippen molar-refractivity contribution >= 4 is 17.2 Å². The zero-order valence-corrected chi connectivity index (χ0v) is 12.3. The summed E-state index contributed by atoms with van der Waals surface area (Å²) >= 11 is 1.43. The monoisotopic (exact) mass is 291 g/mol. The lowest BCUT2D eigenvalue weighted by Gasteiger charge is -2.04. The van der Waals surface area contributed by atoms with Crippen LogP contribution in [-0.4, -0.2) is 33.3 Å². The van der Waals surface area contributed by atoms with Crippen LogP contribution in [0.2, 0.25) is 0 Å². The molecule has 1 amide bonds. The van der Waals surface area contributed by atoms with Gasteiger partial charge in [-0.3, -0.25) is 4.79 Å².